The van der Waals surface area contributed by atoms with Crippen LogP contribution in [0, 0.1) is 11.3 Å². The van der Waals surface area contributed by atoms with Gasteiger partial charge in [0.25, 0.3) is 0 Å². The Labute approximate surface area is 202 Å². The van der Waals surface area contributed by atoms with Gasteiger partial charge in [0.05, 0.1) is 25.7 Å². The lowest BCUT2D eigenvalue weighted by molar-refractivity contribution is -0.192. The summed E-state index contributed by atoms with van der Waals surface area (Å²) in [5.41, 5.74) is 1.34. The number of unbranched alkanes of at least 4 members (excludes halogenated alkanes) is 4. The largest absolute Gasteiger partial charge is 0.493 e. The summed E-state index contributed by atoms with van der Waals surface area (Å²) in [5.74, 6) is -1.70. The number of ether oxygens (including phenoxy) is 2. The van der Waals surface area contributed by atoms with Gasteiger partial charge in [-0.2, -0.15) is 18.4 Å². The molecule has 0 saturated carbocycles. The Morgan fingerprint density at radius 2 is 1.80 bits per heavy atom. The van der Waals surface area contributed by atoms with E-state index in [0.717, 1.165) is 63.1 Å². The number of aliphatic carboxylic acids is 2. The number of hydrogen-bond donors (Lipinski definition) is 2. The fourth-order valence-corrected chi connectivity index (χ4v) is 4.17. The van der Waals surface area contributed by atoms with Crippen molar-refractivity contribution in [2.45, 2.75) is 63.0 Å². The molecule has 1 spiro atoms. The molecule has 35 heavy (non-hydrogen) atoms. The van der Waals surface area contributed by atoms with E-state index < -0.39 is 18.1 Å². The summed E-state index contributed by atoms with van der Waals surface area (Å²) in [5, 5.41) is 24.5. The van der Waals surface area contributed by atoms with Gasteiger partial charge < -0.3 is 24.6 Å². The minimum absolute atomic E-state index is 0.0638. The number of fused-ring (bicyclic) bond motifs is 2. The average molecular weight is 501 g/mol. The summed E-state index contributed by atoms with van der Waals surface area (Å²) in [6, 6.07) is 8.38. The summed E-state index contributed by atoms with van der Waals surface area (Å²) in [4.78, 5) is 21.9. The molecule has 2 heterocycles. The van der Waals surface area contributed by atoms with E-state index in [1.807, 2.05) is 12.1 Å². The molecule has 1 aromatic carbocycles. The number of carbonyl (C=O) groups is 2. The quantitative estimate of drug-likeness (QED) is 0.455. The molecular formula is C24H31F3N2O6. The first kappa shape index (κ1) is 28.2. The van der Waals surface area contributed by atoms with E-state index in [2.05, 4.69) is 17.0 Å². The van der Waals surface area contributed by atoms with Gasteiger partial charge >= 0.3 is 18.1 Å². The van der Waals surface area contributed by atoms with Gasteiger partial charge in [-0.15, -0.1) is 0 Å². The summed E-state index contributed by atoms with van der Waals surface area (Å²) in [6.07, 6.45) is 1.91. The standard InChI is InChI=1S/C22H30N2O4.C2HF3O2/c23-11-4-2-1-3-5-15-27-18-6-7-19-20(16-18)28-17-22(19)9-13-24(14-10-22)12-8-21(25)26;3-2(4,5)1(6)7/h6-7,16H,1-5,8-10,12-15,17H2,(H,25,26);(H,6,7). The topological polar surface area (TPSA) is 120 Å². The number of likely N-dealkylation sites (tertiary alicyclic amines) is 1. The van der Waals surface area contributed by atoms with E-state index in [4.69, 9.17) is 29.7 Å². The molecule has 2 aliphatic heterocycles. The Morgan fingerprint density at radius 1 is 1.14 bits per heavy atom. The van der Waals surface area contributed by atoms with Crippen LogP contribution in [0.3, 0.4) is 0 Å². The average Bonchev–Trinajstić information content (AvgIpc) is 3.15. The molecule has 8 nitrogen and oxygen atoms in total. The lowest BCUT2D eigenvalue weighted by Crippen LogP contribution is -2.44. The maximum absolute atomic E-state index is 10.8. The third-order valence-electron chi connectivity index (χ3n) is 6.18. The van der Waals surface area contributed by atoms with Crippen LogP contribution in [0.5, 0.6) is 11.5 Å². The lowest BCUT2D eigenvalue weighted by Gasteiger charge is -2.38. The monoisotopic (exact) mass is 500 g/mol. The summed E-state index contributed by atoms with van der Waals surface area (Å²) in [6.45, 7) is 3.86. The zero-order valence-electron chi connectivity index (χ0n) is 19.5. The predicted octanol–water partition coefficient (Wildman–Crippen LogP) is 4.37. The first-order valence-electron chi connectivity index (χ1n) is 11.6. The highest BCUT2D eigenvalue weighted by Gasteiger charge is 2.43. The maximum atomic E-state index is 10.8. The molecule has 0 aliphatic carbocycles. The van der Waals surface area contributed by atoms with Crippen molar-refractivity contribution in [1.82, 2.24) is 4.90 Å². The molecule has 0 unspecified atom stereocenters. The van der Waals surface area contributed by atoms with E-state index in [1.54, 1.807) is 0 Å². The Morgan fingerprint density at radius 3 is 2.40 bits per heavy atom. The van der Waals surface area contributed by atoms with Crippen LogP contribution in [-0.4, -0.2) is 66.1 Å². The summed E-state index contributed by atoms with van der Waals surface area (Å²) in [7, 11) is 0. The van der Waals surface area contributed by atoms with Gasteiger partial charge in [0.15, 0.2) is 0 Å². The molecule has 1 saturated heterocycles. The zero-order chi connectivity index (χ0) is 25.9. The van der Waals surface area contributed by atoms with E-state index >= 15 is 0 Å². The van der Waals surface area contributed by atoms with Crippen molar-refractivity contribution in [3.63, 3.8) is 0 Å². The van der Waals surface area contributed by atoms with Crippen molar-refractivity contribution < 1.29 is 42.4 Å². The number of benzene rings is 1. The summed E-state index contributed by atoms with van der Waals surface area (Å²) < 4.78 is 43.6. The molecular weight excluding hydrogens is 469 g/mol. The Hall–Kier alpha value is -3.00. The number of rotatable bonds is 10. The molecule has 0 bridgehead atoms. The number of hydrogen-bond acceptors (Lipinski definition) is 6. The van der Waals surface area contributed by atoms with Crippen LogP contribution in [0.4, 0.5) is 13.2 Å². The molecule has 1 aromatic rings. The minimum atomic E-state index is -5.08. The number of halogens is 3. The molecule has 0 aromatic heterocycles. The fraction of sp³-hybridized carbons (Fsp3) is 0.625. The Balaban J connectivity index is 0.000000540. The number of nitriles is 1. The van der Waals surface area contributed by atoms with Gasteiger partial charge in [-0.25, -0.2) is 4.79 Å². The molecule has 2 aliphatic rings. The molecule has 0 amide bonds. The van der Waals surface area contributed by atoms with Crippen LogP contribution in [0.15, 0.2) is 18.2 Å². The highest BCUT2D eigenvalue weighted by molar-refractivity contribution is 5.73. The summed E-state index contributed by atoms with van der Waals surface area (Å²) >= 11 is 0. The van der Waals surface area contributed by atoms with Crippen LogP contribution in [0.25, 0.3) is 0 Å². The first-order valence-corrected chi connectivity index (χ1v) is 11.6. The molecule has 2 N–H and O–H groups in total. The molecule has 3 rings (SSSR count). The van der Waals surface area contributed by atoms with Gasteiger partial charge in [-0.3, -0.25) is 4.79 Å². The van der Waals surface area contributed by atoms with Gasteiger partial charge in [-0.1, -0.05) is 18.9 Å². The number of alkyl halides is 3. The first-order chi connectivity index (χ1) is 16.6. The van der Waals surface area contributed by atoms with Crippen LogP contribution >= 0.6 is 0 Å². The molecule has 194 valence electrons. The fourth-order valence-electron chi connectivity index (χ4n) is 4.17. The second kappa shape index (κ2) is 13.2. The molecule has 1 fully saturated rings. The predicted molar refractivity (Wildman–Crippen MR) is 119 cm³/mol. The second-order valence-corrected chi connectivity index (χ2v) is 8.69. The van der Waals surface area contributed by atoms with Crippen LogP contribution < -0.4 is 9.47 Å². The van der Waals surface area contributed by atoms with Crippen LogP contribution in [0.1, 0.15) is 56.9 Å². The van der Waals surface area contributed by atoms with Gasteiger partial charge in [0.1, 0.15) is 11.5 Å². The third-order valence-corrected chi connectivity index (χ3v) is 6.18. The Kier molecular flexibility index (Phi) is 10.6. The molecule has 11 heteroatoms. The zero-order valence-corrected chi connectivity index (χ0v) is 19.5. The van der Waals surface area contributed by atoms with Crippen molar-refractivity contribution in [3.8, 4) is 17.6 Å². The van der Waals surface area contributed by atoms with E-state index in [1.165, 1.54) is 5.56 Å². The molecule has 0 atom stereocenters. The van der Waals surface area contributed by atoms with Crippen LogP contribution in [-0.2, 0) is 15.0 Å². The van der Waals surface area contributed by atoms with Crippen molar-refractivity contribution in [3.05, 3.63) is 23.8 Å². The Bertz CT molecular complexity index is 892. The van der Waals surface area contributed by atoms with Crippen molar-refractivity contribution in [2.24, 2.45) is 0 Å². The van der Waals surface area contributed by atoms with E-state index in [-0.39, 0.29) is 11.8 Å². The highest BCUT2D eigenvalue weighted by Crippen LogP contribution is 2.46. The number of carboxylic acids is 2. The normalized spacial score (nSPS) is 16.4. The SMILES string of the molecule is N#CCCCCCCOc1ccc2c(c1)OCC21CCN(CCC(=O)O)CC1.O=C(O)C(F)(F)F. The lowest BCUT2D eigenvalue weighted by atomic mass is 9.74. The van der Waals surface area contributed by atoms with E-state index in [0.29, 0.717) is 26.2 Å². The maximum Gasteiger partial charge on any atom is 0.490 e. The molecule has 0 radical (unpaired) electrons. The second-order valence-electron chi connectivity index (χ2n) is 8.69. The van der Waals surface area contributed by atoms with Crippen LogP contribution in [0.2, 0.25) is 0 Å². The van der Waals surface area contributed by atoms with Gasteiger partial charge in [0, 0.05) is 30.0 Å². The third kappa shape index (κ3) is 8.94. The van der Waals surface area contributed by atoms with Gasteiger partial charge in [0.2, 0.25) is 0 Å². The smallest absolute Gasteiger partial charge is 0.490 e. The van der Waals surface area contributed by atoms with Crippen molar-refractivity contribution in [2.75, 3.05) is 32.8 Å². The van der Waals surface area contributed by atoms with Crippen molar-refractivity contribution in [1.29, 1.82) is 5.26 Å². The number of nitrogens with zero attached hydrogens (tertiary/aromatic N) is 2. The minimum Gasteiger partial charge on any atom is -0.493 e. The van der Waals surface area contributed by atoms with Crippen molar-refractivity contribution >= 4 is 11.9 Å². The number of piperidine rings is 1. The number of carboxylic acid groups (broad SMARTS) is 2. The van der Waals surface area contributed by atoms with E-state index in [9.17, 15) is 18.0 Å². The van der Waals surface area contributed by atoms with Gasteiger partial charge in [-0.05, 0) is 44.8 Å². The highest BCUT2D eigenvalue weighted by atomic mass is 19.4.